The van der Waals surface area contributed by atoms with Gasteiger partial charge in [0, 0.05) is 28.1 Å². The molecule has 0 fully saturated rings. The summed E-state index contributed by atoms with van der Waals surface area (Å²) in [5, 5.41) is 10.6. The molecule has 0 amide bonds. The zero-order valence-corrected chi connectivity index (χ0v) is 18.8. The number of aliphatic hydroxyl groups is 1. The molecule has 2 aromatic carbocycles. The fourth-order valence-corrected chi connectivity index (χ4v) is 4.37. The molecule has 0 radical (unpaired) electrons. The number of benzene rings is 2. The van der Waals surface area contributed by atoms with E-state index in [2.05, 4.69) is 14.1 Å². The molecule has 0 saturated carbocycles. The zero-order valence-electron chi connectivity index (χ0n) is 15.9. The van der Waals surface area contributed by atoms with Crippen molar-refractivity contribution in [2.75, 3.05) is 27.4 Å². The van der Waals surface area contributed by atoms with Crippen molar-refractivity contribution in [2.45, 2.75) is 25.5 Å². The van der Waals surface area contributed by atoms with Crippen molar-refractivity contribution >= 4 is 17.4 Å². The fraction of sp³-hybridized carbons (Fsp3) is 0.381. The van der Waals surface area contributed by atoms with Gasteiger partial charge in [-0.25, -0.2) is 0 Å². The Hall–Kier alpha value is -1.35. The molecule has 0 bridgehead atoms. The summed E-state index contributed by atoms with van der Waals surface area (Å²) in [6.07, 6.45) is 1.21. The molecule has 0 aromatic heterocycles. The molecule has 2 aliphatic rings. The lowest BCUT2D eigenvalue weighted by Crippen LogP contribution is -3.00. The Morgan fingerprint density at radius 3 is 2.79 bits per heavy atom. The first-order chi connectivity index (χ1) is 12.9. The van der Waals surface area contributed by atoms with Crippen molar-refractivity contribution in [2.24, 2.45) is 0 Å². The molecule has 1 unspecified atom stereocenters. The van der Waals surface area contributed by atoms with E-state index in [0.29, 0.717) is 33.0 Å². The maximum absolute atomic E-state index is 13.0. The first-order valence-corrected chi connectivity index (χ1v) is 9.45. The summed E-state index contributed by atoms with van der Waals surface area (Å²) < 4.78 is 11.8. The third-order valence-electron chi connectivity index (χ3n) is 5.71. The number of halogens is 2. The van der Waals surface area contributed by atoms with Crippen LogP contribution in [0.25, 0.3) is 0 Å². The van der Waals surface area contributed by atoms with Gasteiger partial charge in [0.1, 0.15) is 6.04 Å². The molecule has 2 aromatic rings. The van der Waals surface area contributed by atoms with Gasteiger partial charge in [-0.2, -0.15) is 0 Å². The van der Waals surface area contributed by atoms with E-state index in [9.17, 15) is 9.90 Å². The molecule has 28 heavy (non-hydrogen) atoms. The van der Waals surface area contributed by atoms with Crippen LogP contribution in [-0.2, 0) is 13.0 Å². The van der Waals surface area contributed by atoms with Crippen LogP contribution in [0, 0.1) is 0 Å². The highest BCUT2D eigenvalue weighted by atomic mass is 127. The number of aliphatic hydroxyl groups excluding tert-OH is 1. The second-order valence-corrected chi connectivity index (χ2v) is 8.16. The van der Waals surface area contributed by atoms with Crippen LogP contribution in [0.2, 0.25) is 5.02 Å². The number of carbonyl (C=O) groups excluding carboxylic acids is 1. The number of carbonyl (C=O) groups is 1. The summed E-state index contributed by atoms with van der Waals surface area (Å²) in [7, 11) is 4.26. The SMILES string of the molecule is C[N+]1(C)CCc2cc3c(c(CO)c2C1CC(=O)c1cccc(Cl)c1)OCO3.[I-]. The molecular weight excluding hydrogens is 493 g/mol. The normalized spacial score (nSPS) is 18.9. The van der Waals surface area contributed by atoms with E-state index in [0.717, 1.165) is 29.7 Å². The van der Waals surface area contributed by atoms with E-state index >= 15 is 0 Å². The van der Waals surface area contributed by atoms with Crippen molar-refractivity contribution in [1.82, 2.24) is 0 Å². The van der Waals surface area contributed by atoms with Gasteiger partial charge in [0.25, 0.3) is 0 Å². The Balaban J connectivity index is 0.00000225. The lowest BCUT2D eigenvalue weighted by atomic mass is 9.83. The zero-order chi connectivity index (χ0) is 19.2. The molecule has 0 aliphatic carbocycles. The van der Waals surface area contributed by atoms with E-state index in [1.54, 1.807) is 24.3 Å². The summed E-state index contributed by atoms with van der Waals surface area (Å²) >= 11 is 6.06. The Morgan fingerprint density at radius 1 is 1.29 bits per heavy atom. The summed E-state index contributed by atoms with van der Waals surface area (Å²) in [4.78, 5) is 13.0. The Kier molecular flexibility index (Phi) is 6.24. The van der Waals surface area contributed by atoms with Crippen LogP contribution in [0.1, 0.15) is 39.5 Å². The highest BCUT2D eigenvalue weighted by molar-refractivity contribution is 6.31. The highest BCUT2D eigenvalue weighted by Crippen LogP contribution is 2.47. The quantitative estimate of drug-likeness (QED) is 0.366. The summed E-state index contributed by atoms with van der Waals surface area (Å²) in [5.41, 5.74) is 3.51. The highest BCUT2D eigenvalue weighted by Gasteiger charge is 2.41. The summed E-state index contributed by atoms with van der Waals surface area (Å²) in [6.45, 7) is 0.928. The van der Waals surface area contributed by atoms with Gasteiger partial charge in [0.15, 0.2) is 17.3 Å². The molecular formula is C21H23ClINO4. The van der Waals surface area contributed by atoms with Gasteiger partial charge >= 0.3 is 0 Å². The van der Waals surface area contributed by atoms with Gasteiger partial charge < -0.3 is 43.0 Å². The number of Topliss-reactive ketones (excluding diaryl/α,β-unsaturated/α-hetero) is 1. The molecule has 0 spiro atoms. The number of hydrogen-bond acceptors (Lipinski definition) is 4. The Bertz CT molecular complexity index is 916. The van der Waals surface area contributed by atoms with Gasteiger partial charge in [-0.3, -0.25) is 4.79 Å². The minimum atomic E-state index is -0.142. The van der Waals surface area contributed by atoms with Crippen LogP contribution < -0.4 is 33.5 Å². The molecule has 2 heterocycles. The number of likely N-dealkylation sites (N-methyl/N-ethyl adjacent to an activating group) is 1. The monoisotopic (exact) mass is 515 g/mol. The minimum Gasteiger partial charge on any atom is -1.00 e. The van der Waals surface area contributed by atoms with Gasteiger partial charge in [-0.05, 0) is 23.8 Å². The second kappa shape index (κ2) is 8.18. The number of nitrogens with zero attached hydrogens (tertiary/aromatic N) is 1. The summed E-state index contributed by atoms with van der Waals surface area (Å²) in [6, 6.07) is 9.00. The average molecular weight is 516 g/mol. The molecule has 0 saturated heterocycles. The number of hydrogen-bond donors (Lipinski definition) is 1. The lowest BCUT2D eigenvalue weighted by molar-refractivity contribution is -0.922. The minimum absolute atomic E-state index is 0. The summed E-state index contributed by atoms with van der Waals surface area (Å²) in [5.74, 6) is 1.34. The Morgan fingerprint density at radius 2 is 2.07 bits per heavy atom. The number of quaternary nitrogens is 1. The average Bonchev–Trinajstić information content (AvgIpc) is 3.10. The largest absolute Gasteiger partial charge is 1.00 e. The van der Waals surface area contributed by atoms with Gasteiger partial charge in [0.05, 0.1) is 33.7 Å². The molecule has 1 atom stereocenters. The molecule has 2 aliphatic heterocycles. The van der Waals surface area contributed by atoms with Crippen molar-refractivity contribution < 1.29 is 47.8 Å². The van der Waals surface area contributed by atoms with E-state index in [1.165, 1.54) is 0 Å². The van der Waals surface area contributed by atoms with Crippen LogP contribution >= 0.6 is 11.6 Å². The van der Waals surface area contributed by atoms with E-state index in [4.69, 9.17) is 21.1 Å². The third-order valence-corrected chi connectivity index (χ3v) is 5.94. The van der Waals surface area contributed by atoms with Crippen LogP contribution in [0.5, 0.6) is 11.5 Å². The van der Waals surface area contributed by atoms with E-state index in [-0.39, 0.29) is 49.2 Å². The van der Waals surface area contributed by atoms with Crippen molar-refractivity contribution in [3.63, 3.8) is 0 Å². The van der Waals surface area contributed by atoms with Crippen LogP contribution in [0.4, 0.5) is 0 Å². The molecule has 4 rings (SSSR count). The first-order valence-electron chi connectivity index (χ1n) is 9.07. The number of ether oxygens (including phenoxy) is 2. The third kappa shape index (κ3) is 3.75. The smallest absolute Gasteiger partial charge is 0.231 e. The number of rotatable bonds is 4. The maximum Gasteiger partial charge on any atom is 0.231 e. The first kappa shape index (κ1) is 21.4. The predicted octanol–water partition coefficient (Wildman–Crippen LogP) is 0.512. The van der Waals surface area contributed by atoms with Crippen molar-refractivity contribution in [1.29, 1.82) is 0 Å². The predicted molar refractivity (Wildman–Crippen MR) is 102 cm³/mol. The molecule has 1 N–H and O–H groups in total. The maximum atomic E-state index is 13.0. The lowest BCUT2D eigenvalue weighted by Gasteiger charge is -2.43. The topological polar surface area (TPSA) is 55.8 Å². The van der Waals surface area contributed by atoms with Gasteiger partial charge in [-0.15, -0.1) is 0 Å². The standard InChI is InChI=1S/C21H23ClNO4.HI/c1-23(2)7-6-14-9-19-21(27-12-26-19)16(11-24)20(14)17(23)10-18(25)13-4-3-5-15(22)8-13;/h3-5,8-9,17,24H,6-7,10-12H2,1-2H3;1H/q+1;/p-1. The van der Waals surface area contributed by atoms with E-state index in [1.807, 2.05) is 6.07 Å². The number of ketones is 1. The molecule has 5 nitrogen and oxygen atoms in total. The number of fused-ring (bicyclic) bond motifs is 2. The van der Waals surface area contributed by atoms with E-state index < -0.39 is 0 Å². The van der Waals surface area contributed by atoms with Crippen LogP contribution in [0.15, 0.2) is 30.3 Å². The van der Waals surface area contributed by atoms with Crippen molar-refractivity contribution in [3.8, 4) is 11.5 Å². The molecule has 7 heteroatoms. The van der Waals surface area contributed by atoms with Crippen LogP contribution in [-0.4, -0.2) is 42.8 Å². The van der Waals surface area contributed by atoms with Gasteiger partial charge in [-0.1, -0.05) is 23.7 Å². The Labute approximate surface area is 186 Å². The molecule has 150 valence electrons. The fourth-order valence-electron chi connectivity index (χ4n) is 4.18. The van der Waals surface area contributed by atoms with Crippen LogP contribution in [0.3, 0.4) is 0 Å². The van der Waals surface area contributed by atoms with Gasteiger partial charge in [0.2, 0.25) is 6.79 Å². The second-order valence-electron chi connectivity index (χ2n) is 7.73. The van der Waals surface area contributed by atoms with Crippen molar-refractivity contribution in [3.05, 3.63) is 57.6 Å².